The number of hydrogen-bond donors (Lipinski definition) is 1. The highest BCUT2D eigenvalue weighted by molar-refractivity contribution is 5.74. The highest BCUT2D eigenvalue weighted by atomic mass is 16.2. The smallest absolute Gasteiger partial charge is 0.317 e. The molecule has 2 bridgehead atoms. The average molecular weight is 224 g/mol. The number of urea groups is 1. The molecule has 2 amide bonds. The molecule has 2 rings (SSSR count). The molecule has 92 valence electrons. The number of carbonyl (C=O) groups excluding carboxylic acids is 1. The van der Waals surface area contributed by atoms with Crippen LogP contribution >= 0.6 is 0 Å². The fourth-order valence-corrected chi connectivity index (χ4v) is 3.46. The number of nitrogens with zero attached hydrogens (tertiary/aromatic N) is 1. The molecule has 0 spiro atoms. The molecule has 4 unspecified atom stereocenters. The minimum atomic E-state index is 0.0813. The van der Waals surface area contributed by atoms with E-state index >= 15 is 0 Å². The largest absolute Gasteiger partial charge is 0.335 e. The van der Waals surface area contributed by atoms with Gasteiger partial charge in [0.25, 0.3) is 0 Å². The Morgan fingerprint density at radius 2 is 2.19 bits per heavy atom. The predicted molar refractivity (Wildman–Crippen MR) is 65.2 cm³/mol. The molecular weight excluding hydrogens is 200 g/mol. The fourth-order valence-electron chi connectivity index (χ4n) is 3.46. The molecule has 16 heavy (non-hydrogen) atoms. The molecule has 2 aliphatic rings. The minimum absolute atomic E-state index is 0.0813. The Kier molecular flexibility index (Phi) is 3.41. The lowest BCUT2D eigenvalue weighted by atomic mass is 9.84. The molecule has 0 aliphatic heterocycles. The van der Waals surface area contributed by atoms with Crippen molar-refractivity contribution >= 4 is 6.03 Å². The van der Waals surface area contributed by atoms with Crippen LogP contribution in [0.3, 0.4) is 0 Å². The van der Waals surface area contributed by atoms with E-state index in [0.717, 1.165) is 24.3 Å². The van der Waals surface area contributed by atoms with Crippen LogP contribution < -0.4 is 5.32 Å². The lowest BCUT2D eigenvalue weighted by Crippen LogP contribution is -2.45. The van der Waals surface area contributed by atoms with Crippen LogP contribution in [0.5, 0.6) is 0 Å². The average Bonchev–Trinajstić information content (AvgIpc) is 2.89. The van der Waals surface area contributed by atoms with E-state index in [0.29, 0.717) is 6.04 Å². The number of rotatable bonds is 3. The molecule has 3 heteroatoms. The molecule has 2 aliphatic carbocycles. The first kappa shape index (κ1) is 11.7. The minimum Gasteiger partial charge on any atom is -0.335 e. The predicted octanol–water partition coefficient (Wildman–Crippen LogP) is 2.47. The number of amides is 2. The van der Waals surface area contributed by atoms with E-state index in [1.54, 1.807) is 4.90 Å². The molecule has 2 saturated carbocycles. The summed E-state index contributed by atoms with van der Waals surface area (Å²) in [6.07, 6.45) is 5.56. The summed E-state index contributed by atoms with van der Waals surface area (Å²) < 4.78 is 0. The van der Waals surface area contributed by atoms with Crippen LogP contribution in [0.4, 0.5) is 4.79 Å². The first-order chi connectivity index (χ1) is 7.61. The van der Waals surface area contributed by atoms with E-state index < -0.39 is 0 Å². The molecule has 0 aromatic carbocycles. The molecule has 3 nitrogen and oxygen atoms in total. The van der Waals surface area contributed by atoms with E-state index in [1.165, 1.54) is 25.7 Å². The van der Waals surface area contributed by atoms with Gasteiger partial charge in [-0.25, -0.2) is 4.79 Å². The third-order valence-corrected chi connectivity index (χ3v) is 4.61. The molecule has 0 saturated heterocycles. The van der Waals surface area contributed by atoms with Crippen LogP contribution in [-0.4, -0.2) is 30.6 Å². The Morgan fingerprint density at radius 1 is 1.44 bits per heavy atom. The Labute approximate surface area is 98.6 Å². The van der Waals surface area contributed by atoms with Crippen molar-refractivity contribution < 1.29 is 4.79 Å². The normalized spacial score (nSPS) is 33.8. The second kappa shape index (κ2) is 4.64. The summed E-state index contributed by atoms with van der Waals surface area (Å²) in [4.78, 5) is 13.5. The highest BCUT2D eigenvalue weighted by Crippen LogP contribution is 2.49. The Morgan fingerprint density at radius 3 is 2.69 bits per heavy atom. The summed E-state index contributed by atoms with van der Waals surface area (Å²) in [7, 11) is 1.85. The molecular formula is C13H24N2O. The SMILES string of the molecule is CCN(C)C(=O)NC(C)C1CC2CCC1C2. The van der Waals surface area contributed by atoms with Crippen LogP contribution in [0, 0.1) is 17.8 Å². The molecule has 0 radical (unpaired) electrons. The van der Waals surface area contributed by atoms with Crippen molar-refractivity contribution in [3.63, 3.8) is 0 Å². The van der Waals surface area contributed by atoms with Gasteiger partial charge < -0.3 is 10.2 Å². The summed E-state index contributed by atoms with van der Waals surface area (Å²) in [5, 5.41) is 3.14. The lowest BCUT2D eigenvalue weighted by Gasteiger charge is -2.29. The van der Waals surface area contributed by atoms with Gasteiger partial charge in [0.1, 0.15) is 0 Å². The third-order valence-electron chi connectivity index (χ3n) is 4.61. The first-order valence-corrected chi connectivity index (χ1v) is 6.63. The van der Waals surface area contributed by atoms with Crippen molar-refractivity contribution in [3.05, 3.63) is 0 Å². The molecule has 4 atom stereocenters. The van der Waals surface area contributed by atoms with Crippen molar-refractivity contribution in [2.24, 2.45) is 17.8 Å². The number of carbonyl (C=O) groups is 1. The summed E-state index contributed by atoms with van der Waals surface area (Å²) in [5.41, 5.74) is 0. The zero-order valence-corrected chi connectivity index (χ0v) is 10.7. The summed E-state index contributed by atoms with van der Waals surface area (Å²) in [5.74, 6) is 2.57. The van der Waals surface area contributed by atoms with Crippen molar-refractivity contribution in [1.29, 1.82) is 0 Å². The van der Waals surface area contributed by atoms with Crippen molar-refractivity contribution in [2.45, 2.75) is 45.6 Å². The highest BCUT2D eigenvalue weighted by Gasteiger charge is 2.42. The third kappa shape index (κ3) is 2.18. The van der Waals surface area contributed by atoms with E-state index in [9.17, 15) is 4.79 Å². The maximum atomic E-state index is 11.8. The maximum absolute atomic E-state index is 11.8. The van der Waals surface area contributed by atoms with Crippen molar-refractivity contribution in [2.75, 3.05) is 13.6 Å². The Bertz CT molecular complexity index is 267. The number of fused-ring (bicyclic) bond motifs is 2. The van der Waals surface area contributed by atoms with E-state index in [2.05, 4.69) is 12.2 Å². The lowest BCUT2D eigenvalue weighted by molar-refractivity contribution is 0.194. The summed E-state index contributed by atoms with van der Waals surface area (Å²) in [6, 6.07) is 0.426. The van der Waals surface area contributed by atoms with E-state index in [4.69, 9.17) is 0 Å². The van der Waals surface area contributed by atoms with Crippen LogP contribution in [0.25, 0.3) is 0 Å². The Hall–Kier alpha value is -0.730. The van der Waals surface area contributed by atoms with E-state index in [-0.39, 0.29) is 6.03 Å². The topological polar surface area (TPSA) is 32.3 Å². The zero-order chi connectivity index (χ0) is 11.7. The van der Waals surface area contributed by atoms with Gasteiger partial charge in [0.15, 0.2) is 0 Å². The van der Waals surface area contributed by atoms with Crippen molar-refractivity contribution in [1.82, 2.24) is 10.2 Å². The van der Waals surface area contributed by atoms with Gasteiger partial charge in [-0.15, -0.1) is 0 Å². The monoisotopic (exact) mass is 224 g/mol. The van der Waals surface area contributed by atoms with Crippen LogP contribution in [-0.2, 0) is 0 Å². The van der Waals surface area contributed by atoms with Gasteiger partial charge in [0, 0.05) is 19.6 Å². The molecule has 2 fully saturated rings. The number of hydrogen-bond acceptors (Lipinski definition) is 1. The summed E-state index contributed by atoms with van der Waals surface area (Å²) >= 11 is 0. The second-order valence-corrected chi connectivity index (χ2v) is 5.59. The number of nitrogens with one attached hydrogen (secondary N) is 1. The van der Waals surface area contributed by atoms with Gasteiger partial charge in [-0.05, 0) is 50.9 Å². The van der Waals surface area contributed by atoms with Gasteiger partial charge in [-0.3, -0.25) is 0 Å². The van der Waals surface area contributed by atoms with Gasteiger partial charge in [0.05, 0.1) is 0 Å². The first-order valence-electron chi connectivity index (χ1n) is 6.63. The quantitative estimate of drug-likeness (QED) is 0.784. The standard InChI is InChI=1S/C13H24N2O/c1-4-15(3)13(16)14-9(2)12-8-10-5-6-11(12)7-10/h9-12H,4-8H2,1-3H3,(H,14,16). The van der Waals surface area contributed by atoms with Crippen LogP contribution in [0.15, 0.2) is 0 Å². The molecule has 0 aromatic rings. The zero-order valence-electron chi connectivity index (χ0n) is 10.7. The van der Waals surface area contributed by atoms with Gasteiger partial charge in [-0.2, -0.15) is 0 Å². The van der Waals surface area contributed by atoms with Crippen LogP contribution in [0.1, 0.15) is 39.5 Å². The van der Waals surface area contributed by atoms with Gasteiger partial charge in [0.2, 0.25) is 0 Å². The van der Waals surface area contributed by atoms with Crippen molar-refractivity contribution in [3.8, 4) is 0 Å². The van der Waals surface area contributed by atoms with Gasteiger partial charge in [-0.1, -0.05) is 6.42 Å². The second-order valence-electron chi connectivity index (χ2n) is 5.59. The molecule has 0 heterocycles. The molecule has 0 aromatic heterocycles. The van der Waals surface area contributed by atoms with Gasteiger partial charge >= 0.3 is 6.03 Å². The Balaban J connectivity index is 1.84. The maximum Gasteiger partial charge on any atom is 0.317 e. The fraction of sp³-hybridized carbons (Fsp3) is 0.923. The molecule has 1 N–H and O–H groups in total. The van der Waals surface area contributed by atoms with Crippen LogP contribution in [0.2, 0.25) is 0 Å². The van der Waals surface area contributed by atoms with E-state index in [1.807, 2.05) is 14.0 Å². The summed E-state index contributed by atoms with van der Waals surface area (Å²) in [6.45, 7) is 4.95.